The molecule has 14 heavy (non-hydrogen) atoms. The second-order valence-electron chi connectivity index (χ2n) is 4.29. The number of amides is 1. The van der Waals surface area contributed by atoms with Gasteiger partial charge in [-0.15, -0.1) is 0 Å². The van der Waals surface area contributed by atoms with E-state index in [2.05, 4.69) is 12.2 Å². The van der Waals surface area contributed by atoms with E-state index in [9.17, 15) is 4.79 Å². The summed E-state index contributed by atoms with van der Waals surface area (Å²) in [6, 6.07) is 0.119. The largest absolute Gasteiger partial charge is 0.352 e. The summed E-state index contributed by atoms with van der Waals surface area (Å²) in [7, 11) is 0. The Morgan fingerprint density at radius 2 is 2.21 bits per heavy atom. The van der Waals surface area contributed by atoms with Crippen molar-refractivity contribution in [1.82, 2.24) is 5.32 Å². The first-order valence-electron chi connectivity index (χ1n) is 5.75. The molecule has 0 aromatic rings. The van der Waals surface area contributed by atoms with Crippen LogP contribution in [0.1, 0.15) is 46.0 Å². The van der Waals surface area contributed by atoms with Crippen LogP contribution in [0.15, 0.2) is 0 Å². The molecule has 3 heteroatoms. The predicted molar refractivity (Wildman–Crippen MR) is 57.8 cm³/mol. The van der Waals surface area contributed by atoms with Gasteiger partial charge in [0.25, 0.3) is 0 Å². The molecule has 0 aromatic heterocycles. The SMILES string of the molecule is CCCC1CC1NC(=O)[C@@H](N)CCC. The van der Waals surface area contributed by atoms with E-state index < -0.39 is 0 Å². The molecule has 1 aliphatic carbocycles. The third-order valence-electron chi connectivity index (χ3n) is 2.85. The van der Waals surface area contributed by atoms with Crippen LogP contribution in [-0.4, -0.2) is 18.0 Å². The lowest BCUT2D eigenvalue weighted by Gasteiger charge is -2.10. The number of hydrogen-bond acceptors (Lipinski definition) is 2. The van der Waals surface area contributed by atoms with E-state index in [1.54, 1.807) is 0 Å². The number of hydrogen-bond donors (Lipinski definition) is 2. The van der Waals surface area contributed by atoms with E-state index in [-0.39, 0.29) is 11.9 Å². The third kappa shape index (κ3) is 3.29. The normalized spacial score (nSPS) is 27.1. The second kappa shape index (κ2) is 5.35. The molecule has 3 atom stereocenters. The monoisotopic (exact) mass is 198 g/mol. The summed E-state index contributed by atoms with van der Waals surface area (Å²) < 4.78 is 0. The minimum atomic E-state index is -0.303. The zero-order valence-electron chi connectivity index (χ0n) is 9.25. The molecule has 1 fully saturated rings. The zero-order chi connectivity index (χ0) is 10.6. The van der Waals surface area contributed by atoms with Gasteiger partial charge in [0.15, 0.2) is 0 Å². The fourth-order valence-electron chi connectivity index (χ4n) is 1.85. The van der Waals surface area contributed by atoms with Crippen molar-refractivity contribution in [3.8, 4) is 0 Å². The smallest absolute Gasteiger partial charge is 0.237 e. The Kier molecular flexibility index (Phi) is 4.39. The summed E-state index contributed by atoms with van der Waals surface area (Å²) in [5.74, 6) is 0.758. The number of carbonyl (C=O) groups excluding carboxylic acids is 1. The molecule has 0 saturated heterocycles. The Bertz CT molecular complexity index is 194. The molecule has 1 amide bonds. The summed E-state index contributed by atoms with van der Waals surface area (Å²) >= 11 is 0. The number of nitrogens with two attached hydrogens (primary N) is 1. The lowest BCUT2D eigenvalue weighted by molar-refractivity contribution is -0.122. The highest BCUT2D eigenvalue weighted by Crippen LogP contribution is 2.34. The van der Waals surface area contributed by atoms with E-state index in [4.69, 9.17) is 5.73 Å². The Morgan fingerprint density at radius 1 is 1.50 bits per heavy atom. The van der Waals surface area contributed by atoms with Gasteiger partial charge in [-0.1, -0.05) is 26.7 Å². The van der Waals surface area contributed by atoms with Crippen LogP contribution in [0.25, 0.3) is 0 Å². The average Bonchev–Trinajstić information content (AvgIpc) is 2.84. The van der Waals surface area contributed by atoms with Crippen molar-refractivity contribution in [1.29, 1.82) is 0 Å². The maximum atomic E-state index is 11.5. The van der Waals surface area contributed by atoms with Gasteiger partial charge in [0, 0.05) is 6.04 Å². The second-order valence-corrected chi connectivity index (χ2v) is 4.29. The molecule has 0 spiro atoms. The minimum absolute atomic E-state index is 0.0375. The Morgan fingerprint density at radius 3 is 2.79 bits per heavy atom. The lowest BCUT2D eigenvalue weighted by Crippen LogP contribution is -2.41. The van der Waals surface area contributed by atoms with Gasteiger partial charge in [-0.3, -0.25) is 4.79 Å². The molecule has 82 valence electrons. The van der Waals surface area contributed by atoms with Crippen LogP contribution in [0, 0.1) is 5.92 Å². The summed E-state index contributed by atoms with van der Waals surface area (Å²) in [4.78, 5) is 11.5. The molecule has 1 rings (SSSR count). The molecular formula is C11H22N2O. The maximum absolute atomic E-state index is 11.5. The summed E-state index contributed by atoms with van der Waals surface area (Å²) in [5, 5.41) is 3.01. The molecule has 0 aliphatic heterocycles. The Hall–Kier alpha value is -0.570. The quantitative estimate of drug-likeness (QED) is 0.678. The lowest BCUT2D eigenvalue weighted by atomic mass is 10.1. The fourth-order valence-corrected chi connectivity index (χ4v) is 1.85. The summed E-state index contributed by atoms with van der Waals surface area (Å²) in [6.45, 7) is 4.23. The predicted octanol–water partition coefficient (Wildman–Crippen LogP) is 1.42. The fraction of sp³-hybridized carbons (Fsp3) is 0.909. The zero-order valence-corrected chi connectivity index (χ0v) is 9.25. The van der Waals surface area contributed by atoms with Gasteiger partial charge in [0.05, 0.1) is 6.04 Å². The first-order valence-corrected chi connectivity index (χ1v) is 5.75. The van der Waals surface area contributed by atoms with Gasteiger partial charge in [0.1, 0.15) is 0 Å². The molecule has 0 bridgehead atoms. The first-order chi connectivity index (χ1) is 6.69. The number of carbonyl (C=O) groups is 1. The highest BCUT2D eigenvalue weighted by molar-refractivity contribution is 5.82. The van der Waals surface area contributed by atoms with Crippen molar-refractivity contribution < 1.29 is 4.79 Å². The van der Waals surface area contributed by atoms with Crippen molar-refractivity contribution in [3.05, 3.63) is 0 Å². The average molecular weight is 198 g/mol. The molecule has 3 N–H and O–H groups in total. The van der Waals surface area contributed by atoms with Crippen LogP contribution in [0.4, 0.5) is 0 Å². The highest BCUT2D eigenvalue weighted by atomic mass is 16.2. The first kappa shape index (κ1) is 11.5. The van der Waals surface area contributed by atoms with Crippen molar-refractivity contribution >= 4 is 5.91 Å². The van der Waals surface area contributed by atoms with Crippen molar-refractivity contribution in [2.45, 2.75) is 58.0 Å². The van der Waals surface area contributed by atoms with E-state index in [1.807, 2.05) is 6.92 Å². The van der Waals surface area contributed by atoms with Crippen molar-refractivity contribution in [2.75, 3.05) is 0 Å². The van der Waals surface area contributed by atoms with Gasteiger partial charge in [-0.2, -0.15) is 0 Å². The summed E-state index contributed by atoms with van der Waals surface area (Å²) in [5.41, 5.74) is 5.71. The van der Waals surface area contributed by atoms with Crippen LogP contribution in [0.3, 0.4) is 0 Å². The van der Waals surface area contributed by atoms with Crippen LogP contribution < -0.4 is 11.1 Å². The van der Waals surface area contributed by atoms with Crippen molar-refractivity contribution in [2.24, 2.45) is 11.7 Å². The van der Waals surface area contributed by atoms with Gasteiger partial charge in [-0.25, -0.2) is 0 Å². The maximum Gasteiger partial charge on any atom is 0.237 e. The topological polar surface area (TPSA) is 55.1 Å². The van der Waals surface area contributed by atoms with Crippen LogP contribution in [0.2, 0.25) is 0 Å². The molecule has 0 heterocycles. The molecule has 3 nitrogen and oxygen atoms in total. The standard InChI is InChI=1S/C11H22N2O/c1-3-5-8-7-10(8)13-11(14)9(12)6-4-2/h8-10H,3-7,12H2,1-2H3,(H,13,14)/t8?,9-,10?/m0/s1. The van der Waals surface area contributed by atoms with Gasteiger partial charge >= 0.3 is 0 Å². The van der Waals surface area contributed by atoms with Gasteiger partial charge < -0.3 is 11.1 Å². The van der Waals surface area contributed by atoms with Crippen LogP contribution in [0.5, 0.6) is 0 Å². The third-order valence-corrected chi connectivity index (χ3v) is 2.85. The minimum Gasteiger partial charge on any atom is -0.352 e. The number of nitrogens with one attached hydrogen (secondary N) is 1. The van der Waals surface area contributed by atoms with E-state index in [0.717, 1.165) is 25.2 Å². The van der Waals surface area contributed by atoms with Crippen molar-refractivity contribution in [3.63, 3.8) is 0 Å². The number of rotatable bonds is 6. The summed E-state index contributed by atoms with van der Waals surface area (Å²) in [6.07, 6.45) is 5.35. The molecule has 0 radical (unpaired) electrons. The van der Waals surface area contributed by atoms with Crippen LogP contribution >= 0.6 is 0 Å². The van der Waals surface area contributed by atoms with Crippen LogP contribution in [-0.2, 0) is 4.79 Å². The molecule has 0 aromatic carbocycles. The highest BCUT2D eigenvalue weighted by Gasteiger charge is 2.37. The Balaban J connectivity index is 2.16. The van der Waals surface area contributed by atoms with E-state index in [1.165, 1.54) is 12.8 Å². The molecule has 2 unspecified atom stereocenters. The molecule has 1 saturated carbocycles. The van der Waals surface area contributed by atoms with E-state index >= 15 is 0 Å². The van der Waals surface area contributed by atoms with Gasteiger partial charge in [-0.05, 0) is 25.2 Å². The Labute approximate surface area is 86.4 Å². The van der Waals surface area contributed by atoms with E-state index in [0.29, 0.717) is 6.04 Å². The molecular weight excluding hydrogens is 176 g/mol. The molecule has 1 aliphatic rings. The van der Waals surface area contributed by atoms with Gasteiger partial charge in [0.2, 0.25) is 5.91 Å².